The summed E-state index contributed by atoms with van der Waals surface area (Å²) >= 11 is 0. The smallest absolute Gasteiger partial charge is 0.259 e. The second kappa shape index (κ2) is 16.0. The van der Waals surface area contributed by atoms with E-state index in [9.17, 15) is 19.2 Å². The second-order valence-corrected chi connectivity index (χ2v) is 15.0. The summed E-state index contributed by atoms with van der Waals surface area (Å²) in [5.41, 5.74) is 6.15. The number of amides is 3. The number of carbonyl (C=O) groups excluding carboxylic acids is 3. The third-order valence-corrected chi connectivity index (χ3v) is 11.5. The zero-order valence-electron chi connectivity index (χ0n) is 31.7. The maximum absolute atomic E-state index is 13.5. The second-order valence-electron chi connectivity index (χ2n) is 15.0. The van der Waals surface area contributed by atoms with Crippen molar-refractivity contribution in [3.05, 3.63) is 82.0 Å². The Morgan fingerprint density at radius 3 is 2.30 bits per heavy atom. The summed E-state index contributed by atoms with van der Waals surface area (Å²) in [6.07, 6.45) is 9.32. The highest BCUT2D eigenvalue weighted by atomic mass is 16.5. The molecule has 0 radical (unpaired) electrons. The number of hydrogen-bond donors (Lipinski definition) is 1. The molecule has 2 aromatic heterocycles. The highest BCUT2D eigenvalue weighted by molar-refractivity contribution is 5.98. The SMILES string of the molecule is COc1cc(-c2cn(C)c(=O)c3cnccc23)cc(OC)c1CN1CCN(C(=O)CC2CCN(c3ccc(C[C@@H]4CCC(=O)NC4=O)cc3C)CC2)CC1. The van der Waals surface area contributed by atoms with E-state index in [0.717, 1.165) is 66.7 Å². The maximum atomic E-state index is 13.5. The predicted molar refractivity (Wildman–Crippen MR) is 208 cm³/mol. The van der Waals surface area contributed by atoms with E-state index in [1.165, 1.54) is 11.3 Å². The molecule has 1 atom stereocenters. The summed E-state index contributed by atoms with van der Waals surface area (Å²) in [7, 11) is 5.07. The van der Waals surface area contributed by atoms with Crippen LogP contribution in [0.5, 0.6) is 11.5 Å². The van der Waals surface area contributed by atoms with Crippen LogP contribution in [0.1, 0.15) is 48.8 Å². The first-order chi connectivity index (χ1) is 26.1. The summed E-state index contributed by atoms with van der Waals surface area (Å²) < 4.78 is 13.4. The molecule has 12 heteroatoms. The van der Waals surface area contributed by atoms with Crippen LogP contribution in [-0.4, -0.2) is 90.6 Å². The van der Waals surface area contributed by atoms with Crippen LogP contribution >= 0.6 is 0 Å². The molecule has 5 heterocycles. The number of aromatic nitrogens is 2. The van der Waals surface area contributed by atoms with Crippen LogP contribution in [0.25, 0.3) is 21.9 Å². The third-order valence-electron chi connectivity index (χ3n) is 11.5. The third kappa shape index (κ3) is 7.84. The Kier molecular flexibility index (Phi) is 11.0. The minimum absolute atomic E-state index is 0.0976. The number of rotatable bonds is 10. The molecule has 54 heavy (non-hydrogen) atoms. The van der Waals surface area contributed by atoms with Crippen molar-refractivity contribution in [1.82, 2.24) is 24.7 Å². The van der Waals surface area contributed by atoms with Crippen molar-refractivity contribution >= 4 is 34.2 Å². The molecule has 0 unspecified atom stereocenters. The first-order valence-corrected chi connectivity index (χ1v) is 19.0. The van der Waals surface area contributed by atoms with Gasteiger partial charge in [0.15, 0.2) is 0 Å². The number of hydrogen-bond acceptors (Lipinski definition) is 9. The fraction of sp³-hybridized carbons (Fsp3) is 0.452. The monoisotopic (exact) mass is 734 g/mol. The lowest BCUT2D eigenvalue weighted by Gasteiger charge is -2.37. The van der Waals surface area contributed by atoms with Crippen molar-refractivity contribution < 1.29 is 23.9 Å². The van der Waals surface area contributed by atoms with Gasteiger partial charge in [-0.3, -0.25) is 34.4 Å². The molecule has 3 saturated heterocycles. The Balaban J connectivity index is 0.917. The first-order valence-electron chi connectivity index (χ1n) is 19.0. The summed E-state index contributed by atoms with van der Waals surface area (Å²) in [6.45, 7) is 7.46. The van der Waals surface area contributed by atoms with Crippen molar-refractivity contribution in [3.8, 4) is 22.6 Å². The van der Waals surface area contributed by atoms with Crippen LogP contribution in [0, 0.1) is 18.8 Å². The van der Waals surface area contributed by atoms with Gasteiger partial charge in [-0.25, -0.2) is 0 Å². The number of carbonyl (C=O) groups is 3. The van der Waals surface area contributed by atoms with Crippen LogP contribution in [0.15, 0.2) is 59.8 Å². The van der Waals surface area contributed by atoms with E-state index >= 15 is 0 Å². The molecule has 3 amide bonds. The summed E-state index contributed by atoms with van der Waals surface area (Å²) in [5, 5.41) is 3.84. The van der Waals surface area contributed by atoms with Gasteiger partial charge in [-0.05, 0) is 84.9 Å². The number of piperidine rings is 2. The van der Waals surface area contributed by atoms with E-state index in [0.29, 0.717) is 68.1 Å². The number of methoxy groups -OCH3 is 2. The zero-order chi connectivity index (χ0) is 37.9. The topological polar surface area (TPSA) is 126 Å². The van der Waals surface area contributed by atoms with Gasteiger partial charge in [0.25, 0.3) is 5.56 Å². The molecule has 1 N–H and O–H groups in total. The Labute approximate surface area is 316 Å². The van der Waals surface area contributed by atoms with Crippen molar-refractivity contribution in [2.45, 2.75) is 52.0 Å². The molecular formula is C42H50N6O6. The van der Waals surface area contributed by atoms with E-state index in [1.54, 1.807) is 38.2 Å². The van der Waals surface area contributed by atoms with Crippen LogP contribution in [0.4, 0.5) is 5.69 Å². The highest BCUT2D eigenvalue weighted by Gasteiger charge is 2.29. The van der Waals surface area contributed by atoms with E-state index in [-0.39, 0.29) is 29.2 Å². The number of imide groups is 1. The number of fused-ring (bicyclic) bond motifs is 1. The Morgan fingerprint density at radius 2 is 1.63 bits per heavy atom. The molecule has 3 fully saturated rings. The van der Waals surface area contributed by atoms with Crippen molar-refractivity contribution in [2.24, 2.45) is 18.9 Å². The largest absolute Gasteiger partial charge is 0.496 e. The molecule has 0 saturated carbocycles. The zero-order valence-corrected chi connectivity index (χ0v) is 31.7. The van der Waals surface area contributed by atoms with Crippen LogP contribution < -0.4 is 25.2 Å². The molecule has 0 spiro atoms. The molecule has 7 rings (SSSR count). The lowest BCUT2D eigenvalue weighted by atomic mass is 9.90. The van der Waals surface area contributed by atoms with Crippen molar-refractivity contribution in [3.63, 3.8) is 0 Å². The molecule has 2 aromatic carbocycles. The quantitative estimate of drug-likeness (QED) is 0.235. The van der Waals surface area contributed by atoms with E-state index < -0.39 is 0 Å². The van der Waals surface area contributed by atoms with Gasteiger partial charge in [0.1, 0.15) is 11.5 Å². The summed E-state index contributed by atoms with van der Waals surface area (Å²) in [4.78, 5) is 60.9. The van der Waals surface area contributed by atoms with Gasteiger partial charge < -0.3 is 23.8 Å². The van der Waals surface area contributed by atoms with Gasteiger partial charge in [-0.1, -0.05) is 12.1 Å². The molecule has 284 valence electrons. The molecule has 4 aromatic rings. The lowest BCUT2D eigenvalue weighted by molar-refractivity contribution is -0.136. The number of nitrogens with one attached hydrogen (secondary N) is 1. The predicted octanol–water partition coefficient (Wildman–Crippen LogP) is 4.47. The fourth-order valence-electron chi connectivity index (χ4n) is 8.39. The number of pyridine rings is 2. The Hall–Kier alpha value is -5.23. The first kappa shape index (κ1) is 37.1. The number of anilines is 1. The minimum atomic E-state index is -0.179. The van der Waals surface area contributed by atoms with Gasteiger partial charge in [-0.15, -0.1) is 0 Å². The number of aryl methyl sites for hydroxylation is 2. The normalized spacial score (nSPS) is 18.6. The minimum Gasteiger partial charge on any atom is -0.496 e. The Morgan fingerprint density at radius 1 is 0.907 bits per heavy atom. The van der Waals surface area contributed by atoms with Crippen LogP contribution in [0.3, 0.4) is 0 Å². The van der Waals surface area contributed by atoms with Crippen LogP contribution in [0.2, 0.25) is 0 Å². The average molecular weight is 735 g/mol. The maximum Gasteiger partial charge on any atom is 0.259 e. The number of benzene rings is 2. The van der Waals surface area contributed by atoms with Gasteiger partial charge in [0.2, 0.25) is 17.7 Å². The average Bonchev–Trinajstić information content (AvgIpc) is 3.18. The molecule has 0 bridgehead atoms. The summed E-state index contributed by atoms with van der Waals surface area (Å²) in [5.74, 6) is 1.53. The highest BCUT2D eigenvalue weighted by Crippen LogP contribution is 2.38. The Bertz CT molecular complexity index is 2090. The van der Waals surface area contributed by atoms with Gasteiger partial charge in [-0.2, -0.15) is 0 Å². The lowest BCUT2D eigenvalue weighted by Crippen LogP contribution is -2.49. The molecular weight excluding hydrogens is 684 g/mol. The van der Waals surface area contributed by atoms with Crippen molar-refractivity contribution in [2.75, 3.05) is 58.4 Å². The molecule has 0 aliphatic carbocycles. The van der Waals surface area contributed by atoms with Gasteiger partial charge >= 0.3 is 0 Å². The number of nitrogens with zero attached hydrogens (tertiary/aromatic N) is 5. The van der Waals surface area contributed by atoms with Crippen LogP contribution in [-0.2, 0) is 34.4 Å². The fourth-order valence-corrected chi connectivity index (χ4v) is 8.39. The molecule has 3 aliphatic heterocycles. The van der Waals surface area contributed by atoms with E-state index in [2.05, 4.69) is 45.2 Å². The van der Waals surface area contributed by atoms with Crippen molar-refractivity contribution in [1.29, 1.82) is 0 Å². The van der Waals surface area contributed by atoms with E-state index in [1.807, 2.05) is 29.3 Å². The standard InChI is InChI=1S/C42H50N6O6/c1-27-19-29(20-30-6-8-39(49)44-41(30)51)5-7-36(27)47-13-10-28(11-14-47)21-40(50)48-17-15-46(16-18-48)26-35-37(53-3)22-31(23-38(35)54-4)34-25-45(2)42(52)33-24-43-12-9-32(33)34/h5,7,9,12,19,22-25,28,30H,6,8,10-11,13-18,20-21,26H2,1-4H3,(H,44,49,51)/t30-/m0/s1. The van der Waals surface area contributed by atoms with E-state index in [4.69, 9.17) is 9.47 Å². The summed E-state index contributed by atoms with van der Waals surface area (Å²) in [6, 6.07) is 12.3. The number of ether oxygens (including phenoxy) is 2. The van der Waals surface area contributed by atoms with Gasteiger partial charge in [0.05, 0.1) is 25.2 Å². The number of piperazine rings is 1. The molecule has 3 aliphatic rings. The van der Waals surface area contributed by atoms with Gasteiger partial charge in [0, 0.05) is 101 Å². The molecule has 12 nitrogen and oxygen atoms in total.